The molecule has 0 aliphatic heterocycles. The smallest absolute Gasteiger partial charge is 0.238 e. The summed E-state index contributed by atoms with van der Waals surface area (Å²) >= 11 is 0. The largest absolute Gasteiger partial charge is 0.456 e. The van der Waals surface area contributed by atoms with E-state index < -0.39 is 0 Å². The van der Waals surface area contributed by atoms with Gasteiger partial charge in [-0.15, -0.1) is 0 Å². The molecule has 0 N–H and O–H groups in total. The Kier molecular flexibility index (Phi) is 7.74. The van der Waals surface area contributed by atoms with Gasteiger partial charge in [-0.25, -0.2) is 4.98 Å². The zero-order valence-electron chi connectivity index (χ0n) is 33.6. The van der Waals surface area contributed by atoms with E-state index in [2.05, 4.69) is 123 Å². The summed E-state index contributed by atoms with van der Waals surface area (Å²) in [6, 6.07) is 62.8. The highest BCUT2D eigenvalue weighted by atomic mass is 16.3. The van der Waals surface area contributed by atoms with Gasteiger partial charge in [-0.3, -0.25) is 14.5 Å². The fraction of sp³-hybridized carbons (Fsp3) is 0. The van der Waals surface area contributed by atoms with Crippen LogP contribution in [0.4, 0.5) is 0 Å². The van der Waals surface area contributed by atoms with Crippen LogP contribution in [-0.4, -0.2) is 34.1 Å². The molecule has 7 aromatic carbocycles. The van der Waals surface area contributed by atoms with Gasteiger partial charge in [0.2, 0.25) is 5.95 Å². The predicted octanol–water partition coefficient (Wildman–Crippen LogP) is 13.4. The topological polar surface area (TPSA) is 87.5 Å². The summed E-state index contributed by atoms with van der Waals surface area (Å²) in [6.45, 7) is 0. The predicted molar refractivity (Wildman–Crippen MR) is 253 cm³/mol. The number of rotatable bonds is 6. The van der Waals surface area contributed by atoms with Gasteiger partial charge in [0.15, 0.2) is 11.6 Å². The van der Waals surface area contributed by atoms with E-state index in [1.54, 1.807) is 0 Å². The lowest BCUT2D eigenvalue weighted by molar-refractivity contribution is 0.669. The number of para-hydroxylation sites is 1. The first-order chi connectivity index (χ1) is 31.2. The van der Waals surface area contributed by atoms with Crippen LogP contribution in [-0.2, 0) is 0 Å². The average Bonchev–Trinajstić information content (AvgIpc) is 4.02. The molecule has 0 spiro atoms. The van der Waals surface area contributed by atoms with Gasteiger partial charge in [0, 0.05) is 62.3 Å². The van der Waals surface area contributed by atoms with Crippen molar-refractivity contribution < 1.29 is 4.42 Å². The first-order valence-corrected chi connectivity index (χ1v) is 20.9. The highest BCUT2D eigenvalue weighted by Gasteiger charge is 2.21. The summed E-state index contributed by atoms with van der Waals surface area (Å²) in [4.78, 5) is 24.6. The quantitative estimate of drug-likeness (QED) is 0.166. The second kappa shape index (κ2) is 13.9. The summed E-state index contributed by atoms with van der Waals surface area (Å²) in [7, 11) is 0. The van der Waals surface area contributed by atoms with E-state index in [0.29, 0.717) is 17.6 Å². The first-order valence-electron chi connectivity index (χ1n) is 20.9. The number of furan rings is 1. The van der Waals surface area contributed by atoms with Crippen LogP contribution in [0.2, 0.25) is 0 Å². The molecule has 6 aromatic heterocycles. The Bertz CT molecular complexity index is 3850. The van der Waals surface area contributed by atoms with Crippen molar-refractivity contribution in [2.75, 3.05) is 0 Å². The standard InChI is InChI=1S/C55H33N7O/c1-4-12-34(13-5-1)53-58-54(35-14-6-2-7-15-35)60-55(59-53)62-46-25-22-38(32-42(46)52-48(62)19-11-28-57-52)40-18-10-20-50-51(40)43-31-37(23-26-49(43)63-50)36-21-24-45-41(30-36)44-33-56-29-27-47(44)61(45)39-16-8-3-9-17-39/h1-33H. The maximum atomic E-state index is 6.55. The normalized spacial score (nSPS) is 11.8. The van der Waals surface area contributed by atoms with Crippen molar-refractivity contribution >= 4 is 65.7 Å². The lowest BCUT2D eigenvalue weighted by Crippen LogP contribution is -2.06. The van der Waals surface area contributed by atoms with Crippen LogP contribution in [0.1, 0.15) is 0 Å². The Morgan fingerprint density at radius 3 is 1.81 bits per heavy atom. The van der Waals surface area contributed by atoms with E-state index in [0.717, 1.165) is 105 Å². The lowest BCUT2D eigenvalue weighted by atomic mass is 9.96. The van der Waals surface area contributed by atoms with Gasteiger partial charge >= 0.3 is 0 Å². The van der Waals surface area contributed by atoms with Gasteiger partial charge < -0.3 is 8.98 Å². The van der Waals surface area contributed by atoms with E-state index in [4.69, 9.17) is 24.4 Å². The van der Waals surface area contributed by atoms with Crippen molar-refractivity contribution in [2.45, 2.75) is 0 Å². The summed E-state index contributed by atoms with van der Waals surface area (Å²) in [5.41, 5.74) is 14.0. The minimum Gasteiger partial charge on any atom is -0.456 e. The second-order valence-corrected chi connectivity index (χ2v) is 15.7. The number of aromatic nitrogens is 7. The molecule has 0 unspecified atom stereocenters. The minimum absolute atomic E-state index is 0.526. The Labute approximate surface area is 360 Å². The molecule has 63 heavy (non-hydrogen) atoms. The van der Waals surface area contributed by atoms with E-state index in [1.807, 2.05) is 91.4 Å². The molecule has 0 aliphatic carbocycles. The van der Waals surface area contributed by atoms with Gasteiger partial charge in [-0.1, -0.05) is 109 Å². The third-order valence-corrected chi connectivity index (χ3v) is 12.1. The van der Waals surface area contributed by atoms with Crippen LogP contribution in [0.3, 0.4) is 0 Å². The van der Waals surface area contributed by atoms with Crippen LogP contribution in [0.5, 0.6) is 0 Å². The molecule has 0 atom stereocenters. The van der Waals surface area contributed by atoms with Gasteiger partial charge in [-0.2, -0.15) is 9.97 Å². The molecule has 0 amide bonds. The van der Waals surface area contributed by atoms with Crippen LogP contribution in [0.15, 0.2) is 205 Å². The zero-order chi connectivity index (χ0) is 41.4. The Morgan fingerprint density at radius 1 is 0.397 bits per heavy atom. The van der Waals surface area contributed by atoms with Crippen LogP contribution in [0.25, 0.3) is 122 Å². The van der Waals surface area contributed by atoms with Crippen LogP contribution >= 0.6 is 0 Å². The number of nitrogens with zero attached hydrogens (tertiary/aromatic N) is 7. The summed E-state index contributed by atoms with van der Waals surface area (Å²) in [5, 5.41) is 5.38. The molecule has 8 nitrogen and oxygen atoms in total. The van der Waals surface area contributed by atoms with Crippen LogP contribution < -0.4 is 0 Å². The molecule has 13 aromatic rings. The number of pyridine rings is 2. The molecular weight excluding hydrogens is 775 g/mol. The maximum Gasteiger partial charge on any atom is 0.238 e. The minimum atomic E-state index is 0.526. The van der Waals surface area contributed by atoms with E-state index in [9.17, 15) is 0 Å². The molecule has 0 saturated heterocycles. The van der Waals surface area contributed by atoms with Crippen molar-refractivity contribution in [1.82, 2.24) is 34.1 Å². The van der Waals surface area contributed by atoms with Crippen molar-refractivity contribution in [3.8, 4) is 56.7 Å². The third kappa shape index (κ3) is 5.58. The number of hydrogen-bond acceptors (Lipinski definition) is 6. The number of benzene rings is 7. The van der Waals surface area contributed by atoms with Crippen molar-refractivity contribution in [3.05, 3.63) is 201 Å². The van der Waals surface area contributed by atoms with Gasteiger partial charge in [0.1, 0.15) is 11.2 Å². The maximum absolute atomic E-state index is 6.55. The molecule has 0 bridgehead atoms. The lowest BCUT2D eigenvalue weighted by Gasteiger charge is -2.11. The van der Waals surface area contributed by atoms with Gasteiger partial charge in [0.05, 0.1) is 27.6 Å². The van der Waals surface area contributed by atoms with Crippen molar-refractivity contribution in [1.29, 1.82) is 0 Å². The molecule has 0 radical (unpaired) electrons. The van der Waals surface area contributed by atoms with Gasteiger partial charge in [-0.05, 0) is 95.1 Å². The Balaban J connectivity index is 0.968. The van der Waals surface area contributed by atoms with E-state index in [1.165, 1.54) is 0 Å². The first kappa shape index (κ1) is 35.0. The number of hydrogen-bond donors (Lipinski definition) is 0. The zero-order valence-corrected chi connectivity index (χ0v) is 33.6. The SMILES string of the molecule is c1ccc(-c2nc(-c3ccccc3)nc(-n3c4ccc(-c5cccc6oc7ccc(-c8ccc9c(c8)c8cnccc8n9-c8ccccc8)cc7c56)cc4c4ncccc43)n2)cc1. The fourth-order valence-electron chi connectivity index (χ4n) is 9.26. The molecule has 13 rings (SSSR count). The number of fused-ring (bicyclic) bond motifs is 9. The molecule has 6 heterocycles. The Morgan fingerprint density at radius 2 is 1.05 bits per heavy atom. The highest BCUT2D eigenvalue weighted by Crippen LogP contribution is 2.42. The molecule has 0 saturated carbocycles. The summed E-state index contributed by atoms with van der Waals surface area (Å²) in [6.07, 6.45) is 5.68. The van der Waals surface area contributed by atoms with Crippen LogP contribution in [0, 0.1) is 0 Å². The van der Waals surface area contributed by atoms with E-state index in [-0.39, 0.29) is 0 Å². The molecule has 0 aliphatic rings. The van der Waals surface area contributed by atoms with Crippen molar-refractivity contribution in [3.63, 3.8) is 0 Å². The molecule has 294 valence electrons. The molecule has 0 fully saturated rings. The average molecular weight is 808 g/mol. The summed E-state index contributed by atoms with van der Waals surface area (Å²) < 4.78 is 11.0. The monoisotopic (exact) mass is 807 g/mol. The Hall–Kier alpha value is -8.75. The van der Waals surface area contributed by atoms with E-state index >= 15 is 0 Å². The third-order valence-electron chi connectivity index (χ3n) is 12.1. The highest BCUT2D eigenvalue weighted by molar-refractivity contribution is 6.16. The molecule has 8 heteroatoms. The molecular formula is C55H33N7O. The second-order valence-electron chi connectivity index (χ2n) is 15.7. The van der Waals surface area contributed by atoms with Crippen molar-refractivity contribution in [2.24, 2.45) is 0 Å². The summed E-state index contributed by atoms with van der Waals surface area (Å²) in [5.74, 6) is 1.73. The fourth-order valence-corrected chi connectivity index (χ4v) is 9.26. The van der Waals surface area contributed by atoms with Gasteiger partial charge in [0.25, 0.3) is 0 Å².